The average Bonchev–Trinajstić information content (AvgIpc) is 2.70. The Hall–Kier alpha value is -0.000000000000000111. The van der Waals surface area contributed by atoms with Crippen LogP contribution in [0.5, 0.6) is 0 Å². The predicted octanol–water partition coefficient (Wildman–Crippen LogP) is 3.72. The molecule has 5 heteroatoms. The maximum absolute atomic E-state index is 12.1. The van der Waals surface area contributed by atoms with E-state index >= 15 is 0 Å². The highest BCUT2D eigenvalue weighted by molar-refractivity contribution is 9.11. The minimum atomic E-state index is 0.107. The van der Waals surface area contributed by atoms with Gasteiger partial charge in [-0.05, 0) is 47.3 Å². The molecule has 0 aromatic carbocycles. The van der Waals surface area contributed by atoms with Gasteiger partial charge in [-0.3, -0.25) is 4.79 Å². The fourth-order valence-electron chi connectivity index (χ4n) is 1.31. The molecule has 1 amide bonds. The van der Waals surface area contributed by atoms with Gasteiger partial charge in [0, 0.05) is 18.5 Å². The van der Waals surface area contributed by atoms with Crippen LogP contribution in [0.15, 0.2) is 15.2 Å². The molecule has 2 nitrogen and oxygen atoms in total. The summed E-state index contributed by atoms with van der Waals surface area (Å²) in [6, 6.07) is 2.17. The van der Waals surface area contributed by atoms with E-state index in [1.807, 2.05) is 35.2 Å². The predicted molar refractivity (Wildman–Crippen MR) is 76.6 cm³/mol. The highest BCUT2D eigenvalue weighted by atomic mass is 79.9. The normalized spacial score (nSPS) is 12.5. The number of rotatable bonds is 5. The fraction of sp³-hybridized carbons (Fsp3) is 0.545. The Morgan fingerprint density at radius 3 is 2.88 bits per heavy atom. The number of thiophene rings is 1. The second kappa shape index (κ2) is 6.67. The largest absolute Gasteiger partial charge is 0.339 e. The summed E-state index contributed by atoms with van der Waals surface area (Å²) in [6.07, 6.45) is 3.12. The minimum absolute atomic E-state index is 0.107. The smallest absolute Gasteiger partial charge is 0.254 e. The Morgan fingerprint density at radius 1 is 1.69 bits per heavy atom. The fourth-order valence-corrected chi connectivity index (χ4v) is 3.02. The number of amides is 1. The molecule has 90 valence electrons. The summed E-state index contributed by atoms with van der Waals surface area (Å²) < 4.78 is 1.00. The Labute approximate surface area is 114 Å². The van der Waals surface area contributed by atoms with Crippen molar-refractivity contribution < 1.29 is 4.79 Å². The molecular weight excluding hydrogens is 306 g/mol. The van der Waals surface area contributed by atoms with Gasteiger partial charge in [-0.15, -0.1) is 11.3 Å². The maximum Gasteiger partial charge on any atom is 0.254 e. The number of halogens is 1. The van der Waals surface area contributed by atoms with Gasteiger partial charge in [0.05, 0.1) is 9.35 Å². The topological polar surface area (TPSA) is 20.3 Å². The van der Waals surface area contributed by atoms with Gasteiger partial charge in [0.25, 0.3) is 5.91 Å². The Morgan fingerprint density at radius 2 is 2.38 bits per heavy atom. The molecule has 0 N–H and O–H groups in total. The zero-order valence-corrected chi connectivity index (χ0v) is 12.9. The van der Waals surface area contributed by atoms with Gasteiger partial charge in [-0.25, -0.2) is 0 Å². The molecule has 0 spiro atoms. The first-order valence-corrected chi connectivity index (χ1v) is 8.13. The second-order valence-corrected chi connectivity index (χ2v) is 6.96. The quantitative estimate of drug-likeness (QED) is 0.823. The molecule has 0 radical (unpaired) electrons. The van der Waals surface area contributed by atoms with E-state index in [0.717, 1.165) is 21.5 Å². The Kier molecular flexibility index (Phi) is 5.86. The molecule has 0 bridgehead atoms. The Bertz CT molecular complexity index is 354. The van der Waals surface area contributed by atoms with Gasteiger partial charge in [-0.2, -0.15) is 11.8 Å². The monoisotopic (exact) mass is 321 g/mol. The third-order valence-corrected chi connectivity index (χ3v) is 4.68. The first-order chi connectivity index (χ1) is 7.56. The zero-order valence-electron chi connectivity index (χ0n) is 9.70. The molecule has 0 fully saturated rings. The molecule has 1 heterocycles. The lowest BCUT2D eigenvalue weighted by Crippen LogP contribution is -2.35. The van der Waals surface area contributed by atoms with Gasteiger partial charge in [0.1, 0.15) is 0 Å². The Balaban J connectivity index is 2.59. The highest BCUT2D eigenvalue weighted by Crippen LogP contribution is 2.22. The van der Waals surface area contributed by atoms with Crippen LogP contribution in [0.3, 0.4) is 0 Å². The van der Waals surface area contributed by atoms with E-state index in [4.69, 9.17) is 0 Å². The van der Waals surface area contributed by atoms with Crippen LogP contribution in [0.25, 0.3) is 0 Å². The molecule has 0 aliphatic carbocycles. The summed E-state index contributed by atoms with van der Waals surface area (Å²) in [6.45, 7) is 2.09. The number of carbonyl (C=O) groups is 1. The van der Waals surface area contributed by atoms with Crippen molar-refractivity contribution >= 4 is 44.9 Å². The van der Waals surface area contributed by atoms with E-state index < -0.39 is 0 Å². The van der Waals surface area contributed by atoms with Crippen molar-refractivity contribution in [1.29, 1.82) is 0 Å². The van der Waals surface area contributed by atoms with Crippen LogP contribution in [0.2, 0.25) is 0 Å². The van der Waals surface area contributed by atoms with E-state index in [1.165, 1.54) is 0 Å². The van der Waals surface area contributed by atoms with Crippen molar-refractivity contribution in [2.24, 2.45) is 0 Å². The second-order valence-electron chi connectivity index (χ2n) is 3.69. The first kappa shape index (κ1) is 14.1. The van der Waals surface area contributed by atoms with Gasteiger partial charge < -0.3 is 4.90 Å². The third kappa shape index (κ3) is 3.79. The number of hydrogen-bond donors (Lipinski definition) is 0. The molecular formula is C11H16BrNOS2. The number of carbonyl (C=O) groups excluding carboxylic acids is 1. The summed E-state index contributed by atoms with van der Waals surface area (Å²) in [5, 5.41) is 1.89. The zero-order chi connectivity index (χ0) is 12.1. The van der Waals surface area contributed by atoms with Crippen LogP contribution in [0, 0.1) is 0 Å². The van der Waals surface area contributed by atoms with Crippen LogP contribution < -0.4 is 0 Å². The van der Waals surface area contributed by atoms with Crippen LogP contribution in [-0.2, 0) is 0 Å². The molecule has 0 aliphatic heterocycles. The summed E-state index contributed by atoms with van der Waals surface area (Å²) >= 11 is 6.73. The van der Waals surface area contributed by atoms with E-state index in [2.05, 4.69) is 29.1 Å². The number of hydrogen-bond acceptors (Lipinski definition) is 3. The average molecular weight is 322 g/mol. The molecule has 0 saturated carbocycles. The van der Waals surface area contributed by atoms with Crippen LogP contribution in [0.1, 0.15) is 23.7 Å². The van der Waals surface area contributed by atoms with Crippen molar-refractivity contribution in [2.75, 3.05) is 19.1 Å². The summed E-state index contributed by atoms with van der Waals surface area (Å²) in [5.41, 5.74) is 0.773. The lowest BCUT2D eigenvalue weighted by molar-refractivity contribution is 0.0742. The van der Waals surface area contributed by atoms with Crippen LogP contribution in [0.4, 0.5) is 0 Å². The summed E-state index contributed by atoms with van der Waals surface area (Å²) in [7, 11) is 1.87. The highest BCUT2D eigenvalue weighted by Gasteiger charge is 2.17. The van der Waals surface area contributed by atoms with Crippen molar-refractivity contribution in [3.05, 3.63) is 20.8 Å². The lowest BCUT2D eigenvalue weighted by atomic mass is 10.2. The van der Waals surface area contributed by atoms with Crippen LogP contribution in [-0.4, -0.2) is 35.9 Å². The molecule has 0 saturated heterocycles. The van der Waals surface area contributed by atoms with E-state index in [9.17, 15) is 4.79 Å². The molecule has 1 rings (SSSR count). The molecule has 1 aromatic heterocycles. The van der Waals surface area contributed by atoms with E-state index in [0.29, 0.717) is 6.04 Å². The van der Waals surface area contributed by atoms with E-state index in [1.54, 1.807) is 11.3 Å². The van der Waals surface area contributed by atoms with Crippen LogP contribution >= 0.6 is 39.0 Å². The minimum Gasteiger partial charge on any atom is -0.339 e. The summed E-state index contributed by atoms with van der Waals surface area (Å²) in [5.74, 6) is 1.20. The molecule has 1 atom stereocenters. The van der Waals surface area contributed by atoms with Gasteiger partial charge in [0.15, 0.2) is 0 Å². The number of nitrogens with zero attached hydrogens (tertiary/aromatic N) is 1. The number of thioether (sulfide) groups is 1. The molecule has 0 aliphatic rings. The maximum atomic E-state index is 12.1. The van der Waals surface area contributed by atoms with Crippen molar-refractivity contribution in [2.45, 2.75) is 19.4 Å². The summed E-state index contributed by atoms with van der Waals surface area (Å²) in [4.78, 5) is 13.9. The molecule has 1 unspecified atom stereocenters. The molecule has 1 aromatic rings. The SMILES string of the molecule is CSCCC(C)N(C)C(=O)c1csc(Br)c1. The van der Waals surface area contributed by atoms with Gasteiger partial charge in [0.2, 0.25) is 0 Å². The van der Waals surface area contributed by atoms with Crippen molar-refractivity contribution in [1.82, 2.24) is 4.90 Å². The van der Waals surface area contributed by atoms with Crippen molar-refractivity contribution in [3.8, 4) is 0 Å². The van der Waals surface area contributed by atoms with Gasteiger partial charge in [-0.1, -0.05) is 0 Å². The third-order valence-electron chi connectivity index (χ3n) is 2.54. The van der Waals surface area contributed by atoms with E-state index in [-0.39, 0.29) is 5.91 Å². The van der Waals surface area contributed by atoms with Crippen molar-refractivity contribution in [3.63, 3.8) is 0 Å². The molecule has 16 heavy (non-hydrogen) atoms. The standard InChI is InChI=1S/C11H16BrNOS2/c1-8(4-5-15-3)13(2)11(14)9-6-10(12)16-7-9/h6-8H,4-5H2,1-3H3. The first-order valence-electron chi connectivity index (χ1n) is 5.06. The van der Waals surface area contributed by atoms with Gasteiger partial charge >= 0.3 is 0 Å². The lowest BCUT2D eigenvalue weighted by Gasteiger charge is -2.24.